The van der Waals surface area contributed by atoms with E-state index in [4.69, 9.17) is 0 Å². The van der Waals surface area contributed by atoms with Gasteiger partial charge in [0.1, 0.15) is 12.7 Å². The Morgan fingerprint density at radius 3 is 1.28 bits per heavy atom. The first kappa shape index (κ1) is 28.3. The van der Waals surface area contributed by atoms with Gasteiger partial charge < -0.3 is 0 Å². The van der Waals surface area contributed by atoms with Crippen molar-refractivity contribution >= 4 is 0 Å². The van der Waals surface area contributed by atoms with Crippen LogP contribution in [0.25, 0.3) is 34.2 Å². The van der Waals surface area contributed by atoms with Gasteiger partial charge >= 0.3 is 0 Å². The summed E-state index contributed by atoms with van der Waals surface area (Å²) in [5.74, 6) is 14.7. The third kappa shape index (κ3) is 5.97. The fourth-order valence-corrected chi connectivity index (χ4v) is 5.20. The standard InChI is InChI=1S/C40H28N6/c1-29-8-3-5-12-37(29)45-39(41-27-43-45)35-22-18-31(19-23-35)14-16-33-10-7-11-34(26-33)17-15-32-20-24-36(25-21-32)40-42-28-44-46(40)38-13-6-4-9-30(38)2/h3-13,18-28H,1-2H3. The highest BCUT2D eigenvalue weighted by Crippen LogP contribution is 2.24. The maximum Gasteiger partial charge on any atom is 0.163 e. The van der Waals surface area contributed by atoms with E-state index >= 15 is 0 Å². The van der Waals surface area contributed by atoms with Crippen LogP contribution >= 0.6 is 0 Å². The Morgan fingerprint density at radius 1 is 0.435 bits per heavy atom. The van der Waals surface area contributed by atoms with Gasteiger partial charge in [-0.05, 0) is 104 Å². The minimum absolute atomic E-state index is 0.792. The van der Waals surface area contributed by atoms with E-state index in [1.807, 2.05) is 119 Å². The summed E-state index contributed by atoms with van der Waals surface area (Å²) >= 11 is 0. The molecule has 0 saturated carbocycles. The third-order valence-corrected chi connectivity index (χ3v) is 7.63. The van der Waals surface area contributed by atoms with Crippen LogP contribution in [0.3, 0.4) is 0 Å². The van der Waals surface area contributed by atoms with Crippen LogP contribution in [-0.4, -0.2) is 29.5 Å². The van der Waals surface area contributed by atoms with Crippen LogP contribution in [0.5, 0.6) is 0 Å². The Morgan fingerprint density at radius 2 is 0.848 bits per heavy atom. The van der Waals surface area contributed by atoms with E-state index in [1.165, 1.54) is 0 Å². The first-order valence-electron chi connectivity index (χ1n) is 14.9. The lowest BCUT2D eigenvalue weighted by atomic mass is 10.1. The van der Waals surface area contributed by atoms with Crippen molar-refractivity contribution in [3.63, 3.8) is 0 Å². The summed E-state index contributed by atoms with van der Waals surface area (Å²) in [6.07, 6.45) is 3.17. The van der Waals surface area contributed by atoms with Gasteiger partial charge in [-0.25, -0.2) is 19.3 Å². The molecule has 0 aliphatic carbocycles. The first-order valence-corrected chi connectivity index (χ1v) is 14.9. The highest BCUT2D eigenvalue weighted by molar-refractivity contribution is 5.62. The minimum atomic E-state index is 0.792. The molecule has 6 heteroatoms. The molecule has 6 nitrogen and oxygen atoms in total. The average molecular weight is 593 g/mol. The van der Waals surface area contributed by atoms with Crippen LogP contribution in [0.2, 0.25) is 0 Å². The lowest BCUT2D eigenvalue weighted by Crippen LogP contribution is -2.01. The highest BCUT2D eigenvalue weighted by Gasteiger charge is 2.12. The van der Waals surface area contributed by atoms with Crippen molar-refractivity contribution in [2.24, 2.45) is 0 Å². The first-order chi connectivity index (χ1) is 22.6. The van der Waals surface area contributed by atoms with Gasteiger partial charge in [-0.3, -0.25) is 0 Å². The maximum atomic E-state index is 4.51. The lowest BCUT2D eigenvalue weighted by Gasteiger charge is -2.08. The fraction of sp³-hybridized carbons (Fsp3) is 0.0500. The molecule has 0 saturated heterocycles. The molecule has 46 heavy (non-hydrogen) atoms. The van der Waals surface area contributed by atoms with Gasteiger partial charge in [0, 0.05) is 33.4 Å². The number of benzene rings is 5. The monoisotopic (exact) mass is 592 g/mol. The molecule has 5 aromatic carbocycles. The molecule has 0 unspecified atom stereocenters. The number of aryl methyl sites for hydroxylation is 2. The summed E-state index contributed by atoms with van der Waals surface area (Å²) in [5, 5.41) is 8.91. The summed E-state index contributed by atoms with van der Waals surface area (Å²) in [7, 11) is 0. The van der Waals surface area contributed by atoms with Crippen LogP contribution in [0.4, 0.5) is 0 Å². The Labute approximate surface area is 268 Å². The molecule has 7 rings (SSSR count). The Bertz CT molecular complexity index is 2120. The number of aromatic nitrogens is 6. The number of para-hydroxylation sites is 2. The lowest BCUT2D eigenvalue weighted by molar-refractivity contribution is 0.879. The van der Waals surface area contributed by atoms with Gasteiger partial charge in [-0.1, -0.05) is 66.1 Å². The quantitative estimate of drug-likeness (QED) is 0.198. The molecular weight excluding hydrogens is 564 g/mol. The van der Waals surface area contributed by atoms with Crippen LogP contribution < -0.4 is 0 Å². The van der Waals surface area contributed by atoms with Gasteiger partial charge in [-0.2, -0.15) is 10.2 Å². The van der Waals surface area contributed by atoms with E-state index in [0.29, 0.717) is 0 Å². The zero-order valence-corrected chi connectivity index (χ0v) is 25.4. The fourth-order valence-electron chi connectivity index (χ4n) is 5.20. The molecule has 0 amide bonds. The second kappa shape index (κ2) is 12.6. The van der Waals surface area contributed by atoms with Crippen molar-refractivity contribution in [3.8, 4) is 57.8 Å². The second-order valence-corrected chi connectivity index (χ2v) is 10.8. The summed E-state index contributed by atoms with van der Waals surface area (Å²) in [5.41, 5.74) is 9.89. The number of nitrogens with zero attached hydrogens (tertiary/aromatic N) is 6. The van der Waals surface area contributed by atoms with E-state index in [-0.39, 0.29) is 0 Å². The molecule has 0 atom stereocenters. The summed E-state index contributed by atoms with van der Waals surface area (Å²) < 4.78 is 3.74. The Kier molecular flexibility index (Phi) is 7.76. The van der Waals surface area contributed by atoms with Crippen LogP contribution in [-0.2, 0) is 0 Å². The predicted molar refractivity (Wildman–Crippen MR) is 181 cm³/mol. The van der Waals surface area contributed by atoms with Gasteiger partial charge in [0.25, 0.3) is 0 Å². The second-order valence-electron chi connectivity index (χ2n) is 10.8. The molecule has 0 N–H and O–H groups in total. The van der Waals surface area contributed by atoms with Crippen LogP contribution in [0.15, 0.2) is 134 Å². The molecule has 0 fully saturated rings. The van der Waals surface area contributed by atoms with E-state index in [2.05, 4.69) is 69.8 Å². The molecule has 2 aromatic heterocycles. The van der Waals surface area contributed by atoms with Crippen molar-refractivity contribution in [2.45, 2.75) is 13.8 Å². The van der Waals surface area contributed by atoms with Crippen molar-refractivity contribution in [1.29, 1.82) is 0 Å². The molecule has 218 valence electrons. The van der Waals surface area contributed by atoms with Crippen LogP contribution in [0, 0.1) is 37.5 Å². The van der Waals surface area contributed by atoms with Gasteiger partial charge in [0.15, 0.2) is 11.6 Å². The molecule has 0 bridgehead atoms. The average Bonchev–Trinajstić information content (AvgIpc) is 3.79. The van der Waals surface area contributed by atoms with E-state index in [1.54, 1.807) is 12.7 Å². The minimum Gasteiger partial charge on any atom is -0.215 e. The zero-order valence-electron chi connectivity index (χ0n) is 25.4. The van der Waals surface area contributed by atoms with Gasteiger partial charge in [0.2, 0.25) is 0 Å². The van der Waals surface area contributed by atoms with Gasteiger partial charge in [0.05, 0.1) is 11.4 Å². The highest BCUT2D eigenvalue weighted by atomic mass is 15.3. The van der Waals surface area contributed by atoms with Crippen molar-refractivity contribution < 1.29 is 0 Å². The number of hydrogen-bond donors (Lipinski definition) is 0. The predicted octanol–water partition coefficient (Wildman–Crippen LogP) is 7.60. The number of hydrogen-bond acceptors (Lipinski definition) is 4. The smallest absolute Gasteiger partial charge is 0.163 e. The largest absolute Gasteiger partial charge is 0.215 e. The van der Waals surface area contributed by atoms with Gasteiger partial charge in [-0.15, -0.1) is 0 Å². The third-order valence-electron chi connectivity index (χ3n) is 7.63. The van der Waals surface area contributed by atoms with E-state index in [0.717, 1.165) is 67.5 Å². The molecule has 0 radical (unpaired) electrons. The Hall–Kier alpha value is -6.50. The summed E-state index contributed by atoms with van der Waals surface area (Å²) in [6, 6.07) is 40.4. The molecule has 0 aliphatic rings. The molecule has 0 spiro atoms. The number of rotatable bonds is 4. The van der Waals surface area contributed by atoms with E-state index < -0.39 is 0 Å². The molecule has 2 heterocycles. The zero-order chi connectivity index (χ0) is 31.3. The maximum absolute atomic E-state index is 4.51. The molecular formula is C40H28N6. The van der Waals surface area contributed by atoms with Crippen molar-refractivity contribution in [3.05, 3.63) is 167 Å². The van der Waals surface area contributed by atoms with Crippen LogP contribution in [0.1, 0.15) is 33.4 Å². The Balaban J connectivity index is 1.05. The SMILES string of the molecule is Cc1ccccc1-n1ncnc1-c1ccc(C#Cc2cccc(C#Cc3ccc(-c4ncnn4-c4ccccc4C)cc3)c2)cc1. The topological polar surface area (TPSA) is 61.4 Å². The molecule has 0 aliphatic heterocycles. The van der Waals surface area contributed by atoms with Crippen molar-refractivity contribution in [1.82, 2.24) is 29.5 Å². The summed E-state index contributed by atoms with van der Waals surface area (Å²) in [4.78, 5) is 9.01. The van der Waals surface area contributed by atoms with E-state index in [9.17, 15) is 0 Å². The van der Waals surface area contributed by atoms with Crippen molar-refractivity contribution in [2.75, 3.05) is 0 Å². The summed E-state index contributed by atoms with van der Waals surface area (Å²) in [6.45, 7) is 4.14. The normalized spacial score (nSPS) is 10.5. The molecule has 7 aromatic rings.